The molecule has 1 heterocycles. The summed E-state index contributed by atoms with van der Waals surface area (Å²) in [7, 11) is 0. The van der Waals surface area contributed by atoms with Crippen molar-refractivity contribution >= 4 is 11.8 Å². The molecule has 0 saturated heterocycles. The van der Waals surface area contributed by atoms with Crippen LogP contribution >= 0.6 is 11.8 Å². The molecule has 0 fully saturated rings. The number of benzene rings is 2. The highest BCUT2D eigenvalue weighted by Gasteiger charge is 2.28. The van der Waals surface area contributed by atoms with E-state index >= 15 is 0 Å². The van der Waals surface area contributed by atoms with Crippen LogP contribution in [0.15, 0.2) is 60.0 Å². The van der Waals surface area contributed by atoms with Crippen molar-refractivity contribution in [2.75, 3.05) is 6.61 Å². The Morgan fingerprint density at radius 3 is 2.50 bits per heavy atom. The number of nitrogens with zero attached hydrogens (tertiary/aromatic N) is 3. The number of aryl methyl sites for hydroxylation is 1. The van der Waals surface area contributed by atoms with E-state index in [1.807, 2.05) is 35.8 Å². The fraction of sp³-hybridized carbons (Fsp3) is 0.222. The summed E-state index contributed by atoms with van der Waals surface area (Å²) >= 11 is 1.50. The van der Waals surface area contributed by atoms with E-state index in [1.54, 1.807) is 18.5 Å². The Morgan fingerprint density at radius 2 is 1.81 bits per heavy atom. The molecule has 0 spiro atoms. The van der Waals surface area contributed by atoms with Crippen LogP contribution in [-0.4, -0.2) is 27.5 Å². The smallest absolute Gasteiger partial charge is 0.422 e. The molecule has 136 valence electrons. The second-order valence-electron chi connectivity index (χ2n) is 5.61. The Kier molecular flexibility index (Phi) is 5.51. The van der Waals surface area contributed by atoms with Crippen molar-refractivity contribution in [2.24, 2.45) is 0 Å². The number of para-hydroxylation sites is 1. The van der Waals surface area contributed by atoms with Gasteiger partial charge in [-0.05, 0) is 36.2 Å². The maximum atomic E-state index is 12.2. The van der Waals surface area contributed by atoms with Gasteiger partial charge in [-0.25, -0.2) is 0 Å². The molecular weight excluding hydrogens is 363 g/mol. The Labute approximate surface area is 153 Å². The summed E-state index contributed by atoms with van der Waals surface area (Å²) in [5.74, 6) is 0.809. The van der Waals surface area contributed by atoms with Gasteiger partial charge >= 0.3 is 6.18 Å². The van der Waals surface area contributed by atoms with Gasteiger partial charge in [0.15, 0.2) is 11.8 Å². The van der Waals surface area contributed by atoms with Gasteiger partial charge in [-0.15, -0.1) is 10.2 Å². The summed E-state index contributed by atoms with van der Waals surface area (Å²) < 4.78 is 43.1. The van der Waals surface area contributed by atoms with Gasteiger partial charge in [0.25, 0.3) is 0 Å². The molecule has 26 heavy (non-hydrogen) atoms. The molecule has 0 saturated carbocycles. The lowest BCUT2D eigenvalue weighted by molar-refractivity contribution is -0.153. The number of halogens is 3. The van der Waals surface area contributed by atoms with Crippen molar-refractivity contribution in [3.05, 3.63) is 66.0 Å². The zero-order chi connectivity index (χ0) is 18.6. The van der Waals surface area contributed by atoms with E-state index in [0.29, 0.717) is 5.75 Å². The lowest BCUT2D eigenvalue weighted by atomic mass is 10.2. The standard InChI is InChI=1S/C18H16F3N3OS/c1-13-4-2-3-5-16(13)24-12-22-23-17(24)26-10-14-6-8-15(9-7-14)25-11-18(19,20)21/h2-9,12H,10-11H2,1H3. The van der Waals surface area contributed by atoms with Gasteiger partial charge in [0.1, 0.15) is 12.1 Å². The number of alkyl halides is 3. The molecule has 0 aliphatic heterocycles. The highest BCUT2D eigenvalue weighted by atomic mass is 32.2. The average Bonchev–Trinajstić information content (AvgIpc) is 3.07. The predicted octanol–water partition coefficient (Wildman–Crippen LogP) is 4.81. The summed E-state index contributed by atoms with van der Waals surface area (Å²) in [4.78, 5) is 0. The van der Waals surface area contributed by atoms with E-state index < -0.39 is 12.8 Å². The maximum Gasteiger partial charge on any atom is 0.422 e. The molecule has 2 aromatic carbocycles. The van der Waals surface area contributed by atoms with Crippen LogP contribution in [0.25, 0.3) is 5.69 Å². The van der Waals surface area contributed by atoms with Crippen LogP contribution in [0, 0.1) is 6.92 Å². The summed E-state index contributed by atoms with van der Waals surface area (Å²) in [6, 6.07) is 14.5. The van der Waals surface area contributed by atoms with Crippen molar-refractivity contribution in [3.8, 4) is 11.4 Å². The van der Waals surface area contributed by atoms with Crippen molar-refractivity contribution < 1.29 is 17.9 Å². The fourth-order valence-electron chi connectivity index (χ4n) is 2.32. The minimum absolute atomic E-state index is 0.194. The summed E-state index contributed by atoms with van der Waals surface area (Å²) in [6.45, 7) is 0.726. The first-order valence-corrected chi connectivity index (χ1v) is 8.78. The zero-order valence-electron chi connectivity index (χ0n) is 13.9. The minimum Gasteiger partial charge on any atom is -0.484 e. The summed E-state index contributed by atoms with van der Waals surface area (Å²) in [5.41, 5.74) is 3.07. The van der Waals surface area contributed by atoms with Crippen molar-refractivity contribution in [1.29, 1.82) is 0 Å². The first-order chi connectivity index (χ1) is 12.4. The number of hydrogen-bond acceptors (Lipinski definition) is 4. The first-order valence-electron chi connectivity index (χ1n) is 7.80. The molecule has 0 atom stereocenters. The van der Waals surface area contributed by atoms with Crippen LogP contribution in [0.3, 0.4) is 0 Å². The maximum absolute atomic E-state index is 12.2. The van der Waals surface area contributed by atoms with E-state index in [1.165, 1.54) is 23.9 Å². The fourth-order valence-corrected chi connectivity index (χ4v) is 3.19. The van der Waals surface area contributed by atoms with E-state index in [4.69, 9.17) is 4.74 Å². The van der Waals surface area contributed by atoms with Crippen LogP contribution in [0.2, 0.25) is 0 Å². The van der Waals surface area contributed by atoms with E-state index in [0.717, 1.165) is 22.0 Å². The zero-order valence-corrected chi connectivity index (χ0v) is 14.7. The van der Waals surface area contributed by atoms with Crippen LogP contribution in [0.1, 0.15) is 11.1 Å². The monoisotopic (exact) mass is 379 g/mol. The summed E-state index contributed by atoms with van der Waals surface area (Å²) in [6.07, 6.45) is -2.67. The molecule has 0 N–H and O–H groups in total. The molecule has 4 nitrogen and oxygen atoms in total. The molecule has 3 aromatic rings. The second kappa shape index (κ2) is 7.82. The lowest BCUT2D eigenvalue weighted by Gasteiger charge is -2.10. The van der Waals surface area contributed by atoms with E-state index in [-0.39, 0.29) is 5.75 Å². The molecule has 8 heteroatoms. The third kappa shape index (κ3) is 4.78. The topological polar surface area (TPSA) is 39.9 Å². The number of rotatable bonds is 6. The van der Waals surface area contributed by atoms with Crippen LogP contribution < -0.4 is 4.74 Å². The van der Waals surface area contributed by atoms with Crippen molar-refractivity contribution in [2.45, 2.75) is 24.0 Å². The third-order valence-electron chi connectivity index (χ3n) is 3.59. The van der Waals surface area contributed by atoms with Crippen LogP contribution in [0.4, 0.5) is 13.2 Å². The molecular formula is C18H16F3N3OS. The number of aromatic nitrogens is 3. The van der Waals surface area contributed by atoms with Crippen LogP contribution in [-0.2, 0) is 5.75 Å². The Bertz CT molecular complexity index is 863. The highest BCUT2D eigenvalue weighted by Crippen LogP contribution is 2.26. The highest BCUT2D eigenvalue weighted by molar-refractivity contribution is 7.98. The van der Waals surface area contributed by atoms with E-state index in [9.17, 15) is 13.2 Å². The van der Waals surface area contributed by atoms with Crippen molar-refractivity contribution in [1.82, 2.24) is 14.8 Å². The Hall–Kier alpha value is -2.48. The predicted molar refractivity (Wildman–Crippen MR) is 93.6 cm³/mol. The van der Waals surface area contributed by atoms with Crippen molar-refractivity contribution in [3.63, 3.8) is 0 Å². The van der Waals surface area contributed by atoms with Gasteiger partial charge in [0.05, 0.1) is 5.69 Å². The SMILES string of the molecule is Cc1ccccc1-n1cnnc1SCc1ccc(OCC(F)(F)F)cc1. The number of hydrogen-bond donors (Lipinski definition) is 0. The summed E-state index contributed by atoms with van der Waals surface area (Å²) in [5, 5.41) is 8.87. The largest absolute Gasteiger partial charge is 0.484 e. The molecule has 0 aliphatic carbocycles. The van der Waals surface area contributed by atoms with Gasteiger partial charge in [-0.3, -0.25) is 4.57 Å². The molecule has 3 rings (SSSR count). The molecule has 0 radical (unpaired) electrons. The molecule has 0 aliphatic rings. The van der Waals surface area contributed by atoms with Gasteiger partial charge in [-0.2, -0.15) is 13.2 Å². The number of ether oxygens (including phenoxy) is 1. The van der Waals surface area contributed by atoms with Gasteiger partial charge in [0.2, 0.25) is 0 Å². The molecule has 0 unspecified atom stereocenters. The molecule has 1 aromatic heterocycles. The quantitative estimate of drug-likeness (QED) is 0.577. The van der Waals surface area contributed by atoms with Crippen LogP contribution in [0.5, 0.6) is 5.75 Å². The lowest BCUT2D eigenvalue weighted by Crippen LogP contribution is -2.19. The second-order valence-corrected chi connectivity index (χ2v) is 6.55. The third-order valence-corrected chi connectivity index (χ3v) is 4.60. The number of thioether (sulfide) groups is 1. The first kappa shape index (κ1) is 18.3. The van der Waals surface area contributed by atoms with Gasteiger partial charge in [-0.1, -0.05) is 42.1 Å². The Balaban J connectivity index is 1.64. The van der Waals surface area contributed by atoms with Gasteiger partial charge in [0, 0.05) is 5.75 Å². The molecule has 0 amide bonds. The average molecular weight is 379 g/mol. The van der Waals surface area contributed by atoms with E-state index in [2.05, 4.69) is 10.2 Å². The minimum atomic E-state index is -4.34. The normalized spacial score (nSPS) is 11.5. The van der Waals surface area contributed by atoms with Gasteiger partial charge < -0.3 is 4.74 Å². The Morgan fingerprint density at radius 1 is 1.08 bits per heavy atom. The molecule has 0 bridgehead atoms.